The zero-order chi connectivity index (χ0) is 14.3. The Balaban J connectivity index is 2.35. The monoisotopic (exact) mass is 273 g/mol. The molecule has 0 aliphatic carbocycles. The standard InChI is InChI=1S/C13H27N3O3/c1-13(2,16-4-6-19-7-5-16)10-15-12(17)8-11(9-14)18-3/h11H,4-10,14H2,1-3H3,(H,15,17). The summed E-state index contributed by atoms with van der Waals surface area (Å²) in [5, 5.41) is 2.96. The molecule has 19 heavy (non-hydrogen) atoms. The van der Waals surface area contributed by atoms with Gasteiger partial charge in [0.25, 0.3) is 0 Å². The lowest BCUT2D eigenvalue weighted by Gasteiger charge is -2.40. The fraction of sp³-hybridized carbons (Fsp3) is 0.923. The number of amides is 1. The number of nitrogens with one attached hydrogen (secondary N) is 1. The highest BCUT2D eigenvalue weighted by Crippen LogP contribution is 2.15. The summed E-state index contributed by atoms with van der Waals surface area (Å²) in [4.78, 5) is 14.2. The van der Waals surface area contributed by atoms with E-state index in [1.807, 2.05) is 0 Å². The van der Waals surface area contributed by atoms with Crippen LogP contribution >= 0.6 is 0 Å². The predicted molar refractivity (Wildman–Crippen MR) is 73.9 cm³/mol. The maximum atomic E-state index is 11.8. The van der Waals surface area contributed by atoms with Crippen molar-refractivity contribution in [2.24, 2.45) is 5.73 Å². The van der Waals surface area contributed by atoms with Gasteiger partial charge in [-0.25, -0.2) is 0 Å². The van der Waals surface area contributed by atoms with Gasteiger partial charge in [-0.2, -0.15) is 0 Å². The largest absolute Gasteiger partial charge is 0.380 e. The van der Waals surface area contributed by atoms with Crippen LogP contribution in [0.25, 0.3) is 0 Å². The highest BCUT2D eigenvalue weighted by atomic mass is 16.5. The minimum absolute atomic E-state index is 0.0152. The fourth-order valence-corrected chi connectivity index (χ4v) is 2.14. The Hall–Kier alpha value is -0.690. The second kappa shape index (κ2) is 7.79. The molecule has 0 aromatic carbocycles. The van der Waals surface area contributed by atoms with Crippen molar-refractivity contribution in [1.29, 1.82) is 0 Å². The zero-order valence-corrected chi connectivity index (χ0v) is 12.3. The third-order valence-electron chi connectivity index (χ3n) is 3.59. The van der Waals surface area contributed by atoms with Gasteiger partial charge in [0.15, 0.2) is 0 Å². The Labute approximate surface area is 115 Å². The number of ether oxygens (including phenoxy) is 2. The third-order valence-corrected chi connectivity index (χ3v) is 3.59. The van der Waals surface area contributed by atoms with Gasteiger partial charge in [-0.15, -0.1) is 0 Å². The van der Waals surface area contributed by atoms with Gasteiger partial charge in [0.2, 0.25) is 5.91 Å². The summed E-state index contributed by atoms with van der Waals surface area (Å²) in [6, 6.07) is 0. The van der Waals surface area contributed by atoms with E-state index in [1.165, 1.54) is 0 Å². The Kier molecular flexibility index (Phi) is 6.71. The Morgan fingerprint density at radius 2 is 2.11 bits per heavy atom. The molecular formula is C13H27N3O3. The topological polar surface area (TPSA) is 76.8 Å². The molecule has 1 rings (SSSR count). The van der Waals surface area contributed by atoms with Crippen LogP contribution in [0.5, 0.6) is 0 Å². The van der Waals surface area contributed by atoms with E-state index in [2.05, 4.69) is 24.1 Å². The Morgan fingerprint density at radius 1 is 1.47 bits per heavy atom. The summed E-state index contributed by atoms with van der Waals surface area (Å²) in [7, 11) is 1.57. The fourth-order valence-electron chi connectivity index (χ4n) is 2.14. The summed E-state index contributed by atoms with van der Waals surface area (Å²) in [5.41, 5.74) is 5.44. The molecule has 1 amide bonds. The summed E-state index contributed by atoms with van der Waals surface area (Å²) >= 11 is 0. The van der Waals surface area contributed by atoms with Crippen molar-refractivity contribution < 1.29 is 14.3 Å². The molecule has 112 valence electrons. The molecule has 1 aliphatic heterocycles. The van der Waals surface area contributed by atoms with Crippen LogP contribution in [0.15, 0.2) is 0 Å². The normalized spacial score (nSPS) is 19.2. The van der Waals surface area contributed by atoms with Crippen LogP contribution in [0, 0.1) is 0 Å². The van der Waals surface area contributed by atoms with Crippen LogP contribution in [0.2, 0.25) is 0 Å². The van der Waals surface area contributed by atoms with Gasteiger partial charge < -0.3 is 20.5 Å². The number of nitrogens with two attached hydrogens (primary N) is 1. The van der Waals surface area contributed by atoms with Crippen molar-refractivity contribution >= 4 is 5.91 Å². The average Bonchev–Trinajstić information content (AvgIpc) is 2.43. The number of carbonyl (C=O) groups is 1. The number of methoxy groups -OCH3 is 1. The lowest BCUT2D eigenvalue weighted by molar-refractivity contribution is -0.124. The highest BCUT2D eigenvalue weighted by molar-refractivity contribution is 5.76. The minimum Gasteiger partial charge on any atom is -0.380 e. The van der Waals surface area contributed by atoms with E-state index in [9.17, 15) is 4.79 Å². The Morgan fingerprint density at radius 3 is 2.63 bits per heavy atom. The van der Waals surface area contributed by atoms with Crippen LogP contribution < -0.4 is 11.1 Å². The van der Waals surface area contributed by atoms with Crippen molar-refractivity contribution in [2.45, 2.75) is 31.9 Å². The second-order valence-electron chi connectivity index (χ2n) is 5.49. The number of carbonyl (C=O) groups excluding carboxylic acids is 1. The summed E-state index contributed by atoms with van der Waals surface area (Å²) in [6.07, 6.45) is 0.109. The molecule has 1 saturated heterocycles. The highest BCUT2D eigenvalue weighted by Gasteiger charge is 2.28. The minimum atomic E-state index is -0.202. The molecule has 0 saturated carbocycles. The van der Waals surface area contributed by atoms with Crippen LogP contribution in [-0.2, 0) is 14.3 Å². The van der Waals surface area contributed by atoms with Crippen molar-refractivity contribution in [3.8, 4) is 0 Å². The maximum Gasteiger partial charge on any atom is 0.222 e. The molecule has 1 heterocycles. The maximum absolute atomic E-state index is 11.8. The molecule has 6 heteroatoms. The van der Waals surface area contributed by atoms with Gasteiger partial charge in [-0.3, -0.25) is 9.69 Å². The molecule has 0 radical (unpaired) electrons. The van der Waals surface area contributed by atoms with Crippen LogP contribution in [-0.4, -0.2) is 69.0 Å². The molecule has 1 aliphatic rings. The molecule has 1 atom stereocenters. The van der Waals surface area contributed by atoms with Gasteiger partial charge in [0.05, 0.1) is 25.7 Å². The SMILES string of the molecule is COC(CN)CC(=O)NCC(C)(C)N1CCOCC1. The Bertz CT molecular complexity index is 274. The van der Waals surface area contributed by atoms with E-state index in [0.29, 0.717) is 19.5 Å². The van der Waals surface area contributed by atoms with Crippen molar-refractivity contribution in [2.75, 3.05) is 46.5 Å². The molecular weight excluding hydrogens is 246 g/mol. The van der Waals surface area contributed by atoms with Crippen LogP contribution in [0.1, 0.15) is 20.3 Å². The first kappa shape index (κ1) is 16.4. The zero-order valence-electron chi connectivity index (χ0n) is 12.3. The molecule has 1 fully saturated rings. The first-order chi connectivity index (χ1) is 8.99. The van der Waals surface area contributed by atoms with Gasteiger partial charge in [0, 0.05) is 38.8 Å². The molecule has 3 N–H and O–H groups in total. The number of morpholine rings is 1. The van der Waals surface area contributed by atoms with Gasteiger partial charge in [-0.05, 0) is 13.8 Å². The van der Waals surface area contributed by atoms with E-state index >= 15 is 0 Å². The summed E-state index contributed by atoms with van der Waals surface area (Å²) in [6.45, 7) is 8.58. The average molecular weight is 273 g/mol. The van der Waals surface area contributed by atoms with Gasteiger partial charge >= 0.3 is 0 Å². The summed E-state index contributed by atoms with van der Waals surface area (Å²) in [5.74, 6) is -0.0152. The van der Waals surface area contributed by atoms with Gasteiger partial charge in [-0.1, -0.05) is 0 Å². The van der Waals surface area contributed by atoms with E-state index in [-0.39, 0.29) is 17.6 Å². The molecule has 0 bridgehead atoms. The van der Waals surface area contributed by atoms with E-state index < -0.39 is 0 Å². The quantitative estimate of drug-likeness (QED) is 0.659. The molecule has 0 aromatic heterocycles. The smallest absolute Gasteiger partial charge is 0.222 e. The number of hydrogen-bond donors (Lipinski definition) is 2. The number of nitrogens with zero attached hydrogens (tertiary/aromatic N) is 1. The van der Waals surface area contributed by atoms with Crippen molar-refractivity contribution in [3.05, 3.63) is 0 Å². The van der Waals surface area contributed by atoms with Crippen molar-refractivity contribution in [3.63, 3.8) is 0 Å². The number of hydrogen-bond acceptors (Lipinski definition) is 5. The molecule has 0 aromatic rings. The van der Waals surface area contributed by atoms with Gasteiger partial charge in [0.1, 0.15) is 0 Å². The molecule has 1 unspecified atom stereocenters. The van der Waals surface area contributed by atoms with Crippen LogP contribution in [0.3, 0.4) is 0 Å². The number of rotatable bonds is 7. The molecule has 6 nitrogen and oxygen atoms in total. The first-order valence-electron chi connectivity index (χ1n) is 6.82. The molecule has 0 spiro atoms. The lowest BCUT2D eigenvalue weighted by atomic mass is 10.0. The first-order valence-corrected chi connectivity index (χ1v) is 6.82. The third kappa shape index (κ3) is 5.44. The predicted octanol–water partition coefficient (Wildman–Crippen LogP) is -0.423. The van der Waals surface area contributed by atoms with Crippen LogP contribution in [0.4, 0.5) is 0 Å². The van der Waals surface area contributed by atoms with E-state index in [0.717, 1.165) is 26.3 Å². The second-order valence-corrected chi connectivity index (χ2v) is 5.49. The van der Waals surface area contributed by atoms with E-state index in [1.54, 1.807) is 7.11 Å². The van der Waals surface area contributed by atoms with E-state index in [4.69, 9.17) is 15.2 Å². The van der Waals surface area contributed by atoms with Crippen molar-refractivity contribution in [1.82, 2.24) is 10.2 Å². The summed E-state index contributed by atoms with van der Waals surface area (Å²) < 4.78 is 10.4. The lowest BCUT2D eigenvalue weighted by Crippen LogP contribution is -2.55.